The highest BCUT2D eigenvalue weighted by Gasteiger charge is 2.16. The predicted octanol–water partition coefficient (Wildman–Crippen LogP) is 4.15. The minimum absolute atomic E-state index is 0.0650. The molecule has 0 spiro atoms. The average molecular weight is 366 g/mol. The molecule has 6 heteroatoms. The molecular formula is C18H20ClNO3S. The van der Waals surface area contributed by atoms with E-state index in [1.165, 1.54) is 11.8 Å². The standard InChI is InChI=1S/C18H20ClNO3S/c1-12(24-17-7-5-4-6-15(17)19)18(21)20-11-13-10-14(22-2)8-9-16(13)23-3/h4-10,12H,11H2,1-3H3,(H,20,21). The van der Waals surface area contributed by atoms with Crippen molar-refractivity contribution in [3.63, 3.8) is 0 Å². The van der Waals surface area contributed by atoms with Gasteiger partial charge in [-0.15, -0.1) is 11.8 Å². The lowest BCUT2D eigenvalue weighted by Crippen LogP contribution is -2.30. The number of hydrogen-bond acceptors (Lipinski definition) is 4. The fourth-order valence-corrected chi connectivity index (χ4v) is 3.31. The van der Waals surface area contributed by atoms with Gasteiger partial charge in [-0.3, -0.25) is 4.79 Å². The van der Waals surface area contributed by atoms with Gasteiger partial charge in [0.15, 0.2) is 0 Å². The maximum absolute atomic E-state index is 12.3. The van der Waals surface area contributed by atoms with Crippen LogP contribution in [0.3, 0.4) is 0 Å². The van der Waals surface area contributed by atoms with Crippen LogP contribution in [0.4, 0.5) is 0 Å². The van der Waals surface area contributed by atoms with Gasteiger partial charge < -0.3 is 14.8 Å². The second kappa shape index (κ2) is 8.85. The quantitative estimate of drug-likeness (QED) is 0.748. The Hall–Kier alpha value is -1.85. The van der Waals surface area contributed by atoms with E-state index in [0.29, 0.717) is 17.3 Å². The Morgan fingerprint density at radius 2 is 1.96 bits per heavy atom. The first kappa shape index (κ1) is 18.5. The van der Waals surface area contributed by atoms with E-state index < -0.39 is 0 Å². The molecule has 0 aliphatic heterocycles. The maximum Gasteiger partial charge on any atom is 0.233 e. The van der Waals surface area contributed by atoms with Crippen molar-refractivity contribution in [3.8, 4) is 11.5 Å². The van der Waals surface area contributed by atoms with Gasteiger partial charge in [-0.05, 0) is 37.3 Å². The number of nitrogens with one attached hydrogen (secondary N) is 1. The van der Waals surface area contributed by atoms with Crippen LogP contribution in [0.25, 0.3) is 0 Å². The molecule has 4 nitrogen and oxygen atoms in total. The van der Waals surface area contributed by atoms with Crippen molar-refractivity contribution < 1.29 is 14.3 Å². The van der Waals surface area contributed by atoms with Gasteiger partial charge in [0.1, 0.15) is 11.5 Å². The smallest absolute Gasteiger partial charge is 0.233 e. The highest BCUT2D eigenvalue weighted by molar-refractivity contribution is 8.00. The number of amides is 1. The van der Waals surface area contributed by atoms with E-state index in [1.54, 1.807) is 14.2 Å². The molecule has 1 unspecified atom stereocenters. The number of carbonyl (C=O) groups excluding carboxylic acids is 1. The fraction of sp³-hybridized carbons (Fsp3) is 0.278. The average Bonchev–Trinajstić information content (AvgIpc) is 2.61. The summed E-state index contributed by atoms with van der Waals surface area (Å²) in [5, 5.41) is 3.31. The number of methoxy groups -OCH3 is 2. The van der Waals surface area contributed by atoms with Crippen LogP contribution in [0.5, 0.6) is 11.5 Å². The Balaban J connectivity index is 1.98. The number of halogens is 1. The Labute approximate surface area is 151 Å². The molecule has 0 bridgehead atoms. The third-order valence-electron chi connectivity index (χ3n) is 3.45. The van der Waals surface area contributed by atoms with E-state index >= 15 is 0 Å². The monoisotopic (exact) mass is 365 g/mol. The van der Waals surface area contributed by atoms with E-state index in [4.69, 9.17) is 21.1 Å². The molecule has 24 heavy (non-hydrogen) atoms. The van der Waals surface area contributed by atoms with Crippen molar-refractivity contribution in [2.24, 2.45) is 0 Å². The molecule has 2 aromatic carbocycles. The van der Waals surface area contributed by atoms with Crippen LogP contribution in [0.2, 0.25) is 5.02 Å². The minimum atomic E-state index is -0.262. The largest absolute Gasteiger partial charge is 0.497 e. The molecule has 1 amide bonds. The third-order valence-corrected chi connectivity index (χ3v) is 5.07. The van der Waals surface area contributed by atoms with Gasteiger partial charge in [-0.2, -0.15) is 0 Å². The molecule has 1 N–H and O–H groups in total. The number of carbonyl (C=O) groups is 1. The van der Waals surface area contributed by atoms with Crippen LogP contribution < -0.4 is 14.8 Å². The normalized spacial score (nSPS) is 11.7. The molecule has 2 rings (SSSR count). The summed E-state index contributed by atoms with van der Waals surface area (Å²) in [4.78, 5) is 13.2. The molecule has 0 saturated carbocycles. The van der Waals surface area contributed by atoms with E-state index in [-0.39, 0.29) is 11.2 Å². The molecule has 128 valence electrons. The van der Waals surface area contributed by atoms with E-state index in [1.807, 2.05) is 49.4 Å². The van der Waals surface area contributed by atoms with Crippen LogP contribution in [-0.4, -0.2) is 25.4 Å². The lowest BCUT2D eigenvalue weighted by molar-refractivity contribution is -0.120. The lowest BCUT2D eigenvalue weighted by Gasteiger charge is -2.15. The molecule has 0 radical (unpaired) electrons. The van der Waals surface area contributed by atoms with E-state index in [2.05, 4.69) is 5.32 Å². The third kappa shape index (κ3) is 4.82. The van der Waals surface area contributed by atoms with Crippen molar-refractivity contribution in [2.45, 2.75) is 23.6 Å². The van der Waals surface area contributed by atoms with Crippen LogP contribution in [0.1, 0.15) is 12.5 Å². The van der Waals surface area contributed by atoms with Crippen LogP contribution in [0.15, 0.2) is 47.4 Å². The lowest BCUT2D eigenvalue weighted by atomic mass is 10.2. The van der Waals surface area contributed by atoms with Gasteiger partial charge in [0.2, 0.25) is 5.91 Å². The van der Waals surface area contributed by atoms with Crippen molar-refractivity contribution in [2.75, 3.05) is 14.2 Å². The fourth-order valence-electron chi connectivity index (χ4n) is 2.13. The van der Waals surface area contributed by atoms with Gasteiger partial charge in [0, 0.05) is 17.0 Å². The Bertz CT molecular complexity index is 708. The molecule has 0 aromatic heterocycles. The predicted molar refractivity (Wildman–Crippen MR) is 98.2 cm³/mol. The van der Waals surface area contributed by atoms with Crippen molar-refractivity contribution >= 4 is 29.3 Å². The van der Waals surface area contributed by atoms with Gasteiger partial charge in [0.05, 0.1) is 24.5 Å². The van der Waals surface area contributed by atoms with E-state index in [9.17, 15) is 4.79 Å². The highest BCUT2D eigenvalue weighted by Crippen LogP contribution is 2.30. The number of hydrogen-bond donors (Lipinski definition) is 1. The van der Waals surface area contributed by atoms with Gasteiger partial charge in [-0.1, -0.05) is 23.7 Å². The molecule has 0 aliphatic rings. The topological polar surface area (TPSA) is 47.6 Å². The number of thioether (sulfide) groups is 1. The van der Waals surface area contributed by atoms with E-state index in [0.717, 1.165) is 16.2 Å². The summed E-state index contributed by atoms with van der Waals surface area (Å²) in [6.07, 6.45) is 0. The summed E-state index contributed by atoms with van der Waals surface area (Å²) in [6.45, 7) is 2.22. The first-order valence-electron chi connectivity index (χ1n) is 7.45. The maximum atomic E-state index is 12.3. The summed E-state index contributed by atoms with van der Waals surface area (Å²) < 4.78 is 10.5. The molecule has 0 aliphatic carbocycles. The van der Waals surface area contributed by atoms with Crippen molar-refractivity contribution in [3.05, 3.63) is 53.1 Å². The minimum Gasteiger partial charge on any atom is -0.497 e. The second-order valence-corrected chi connectivity index (χ2v) is 6.88. The Morgan fingerprint density at radius 1 is 1.21 bits per heavy atom. The van der Waals surface area contributed by atoms with Gasteiger partial charge in [-0.25, -0.2) is 0 Å². The van der Waals surface area contributed by atoms with Crippen LogP contribution >= 0.6 is 23.4 Å². The molecule has 2 aromatic rings. The highest BCUT2D eigenvalue weighted by atomic mass is 35.5. The molecule has 0 heterocycles. The molecule has 1 atom stereocenters. The number of ether oxygens (including phenoxy) is 2. The molecule has 0 fully saturated rings. The van der Waals surface area contributed by atoms with Crippen LogP contribution in [0, 0.1) is 0 Å². The second-order valence-electron chi connectivity index (χ2n) is 5.09. The summed E-state index contributed by atoms with van der Waals surface area (Å²) >= 11 is 7.57. The zero-order chi connectivity index (χ0) is 17.5. The van der Waals surface area contributed by atoms with Crippen molar-refractivity contribution in [1.29, 1.82) is 0 Å². The summed E-state index contributed by atoms with van der Waals surface area (Å²) in [7, 11) is 3.20. The molecule has 0 saturated heterocycles. The summed E-state index contributed by atoms with van der Waals surface area (Å²) in [5.41, 5.74) is 0.861. The first-order chi connectivity index (χ1) is 11.5. The van der Waals surface area contributed by atoms with Gasteiger partial charge >= 0.3 is 0 Å². The molecular weight excluding hydrogens is 346 g/mol. The number of benzene rings is 2. The van der Waals surface area contributed by atoms with Crippen molar-refractivity contribution in [1.82, 2.24) is 5.32 Å². The Morgan fingerprint density at radius 3 is 2.62 bits per heavy atom. The Kier molecular flexibility index (Phi) is 6.82. The number of rotatable bonds is 7. The summed E-state index contributed by atoms with van der Waals surface area (Å²) in [6, 6.07) is 13.0. The zero-order valence-electron chi connectivity index (χ0n) is 13.8. The van der Waals surface area contributed by atoms with Gasteiger partial charge in [0.25, 0.3) is 0 Å². The summed E-state index contributed by atoms with van der Waals surface area (Å²) in [5.74, 6) is 1.37. The zero-order valence-corrected chi connectivity index (χ0v) is 15.4. The first-order valence-corrected chi connectivity index (χ1v) is 8.70. The van der Waals surface area contributed by atoms with Crippen LogP contribution in [-0.2, 0) is 11.3 Å². The SMILES string of the molecule is COc1ccc(OC)c(CNC(=O)C(C)Sc2ccccc2Cl)c1.